The van der Waals surface area contributed by atoms with Crippen molar-refractivity contribution in [3.8, 4) is 11.3 Å². The molecule has 3 aromatic rings. The van der Waals surface area contributed by atoms with Crippen LogP contribution in [0.5, 0.6) is 0 Å². The first-order valence-corrected chi connectivity index (χ1v) is 6.98. The van der Waals surface area contributed by atoms with Crippen molar-refractivity contribution in [2.75, 3.05) is 5.32 Å². The third-order valence-electron chi connectivity index (χ3n) is 3.28. The van der Waals surface area contributed by atoms with Crippen LogP contribution in [0.2, 0.25) is 0 Å². The Bertz CT molecular complexity index is 800. The molecule has 0 amide bonds. The van der Waals surface area contributed by atoms with Crippen molar-refractivity contribution in [3.63, 3.8) is 0 Å². The Morgan fingerprint density at radius 3 is 2.55 bits per heavy atom. The van der Waals surface area contributed by atoms with E-state index in [9.17, 15) is 4.79 Å². The lowest BCUT2D eigenvalue weighted by molar-refractivity contribution is 0.101. The van der Waals surface area contributed by atoms with Gasteiger partial charge in [0.1, 0.15) is 12.1 Å². The van der Waals surface area contributed by atoms with E-state index in [2.05, 4.69) is 15.3 Å². The molecule has 1 aromatic heterocycles. The van der Waals surface area contributed by atoms with Crippen molar-refractivity contribution >= 4 is 17.3 Å². The predicted molar refractivity (Wildman–Crippen MR) is 87.2 cm³/mol. The van der Waals surface area contributed by atoms with E-state index < -0.39 is 0 Å². The Labute approximate surface area is 128 Å². The maximum absolute atomic E-state index is 11.5. The first-order chi connectivity index (χ1) is 10.7. The van der Waals surface area contributed by atoms with Gasteiger partial charge in [0, 0.05) is 22.9 Å². The van der Waals surface area contributed by atoms with Gasteiger partial charge in [-0.2, -0.15) is 0 Å². The zero-order valence-electron chi connectivity index (χ0n) is 12.2. The molecule has 0 aliphatic rings. The molecule has 1 N–H and O–H groups in total. The van der Waals surface area contributed by atoms with E-state index >= 15 is 0 Å². The summed E-state index contributed by atoms with van der Waals surface area (Å²) in [6.07, 6.45) is 1.51. The van der Waals surface area contributed by atoms with E-state index in [0.717, 1.165) is 16.9 Å². The second-order valence-corrected chi connectivity index (χ2v) is 4.92. The molecule has 0 saturated heterocycles. The molecule has 0 aliphatic carbocycles. The summed E-state index contributed by atoms with van der Waals surface area (Å²) >= 11 is 0. The summed E-state index contributed by atoms with van der Waals surface area (Å²) in [5.41, 5.74) is 3.31. The fourth-order valence-corrected chi connectivity index (χ4v) is 2.15. The molecule has 3 rings (SSSR count). The maximum Gasteiger partial charge on any atom is 0.159 e. The van der Waals surface area contributed by atoms with Crippen LogP contribution in [0.4, 0.5) is 11.5 Å². The first-order valence-electron chi connectivity index (χ1n) is 6.98. The molecule has 2 aromatic carbocycles. The highest BCUT2D eigenvalue weighted by Crippen LogP contribution is 2.22. The van der Waals surface area contributed by atoms with Crippen LogP contribution in [0.1, 0.15) is 17.3 Å². The molecule has 0 saturated carbocycles. The molecule has 0 radical (unpaired) electrons. The van der Waals surface area contributed by atoms with Crippen LogP contribution in [0.25, 0.3) is 11.3 Å². The van der Waals surface area contributed by atoms with Crippen molar-refractivity contribution in [1.29, 1.82) is 0 Å². The second-order valence-electron chi connectivity index (χ2n) is 4.92. The molecule has 0 fully saturated rings. The molecule has 22 heavy (non-hydrogen) atoms. The van der Waals surface area contributed by atoms with E-state index in [1.807, 2.05) is 54.6 Å². The summed E-state index contributed by atoms with van der Waals surface area (Å²) in [7, 11) is 0. The van der Waals surface area contributed by atoms with Crippen LogP contribution in [-0.2, 0) is 0 Å². The maximum atomic E-state index is 11.5. The van der Waals surface area contributed by atoms with Gasteiger partial charge < -0.3 is 5.32 Å². The van der Waals surface area contributed by atoms with E-state index in [-0.39, 0.29) is 5.78 Å². The normalized spacial score (nSPS) is 10.2. The van der Waals surface area contributed by atoms with Gasteiger partial charge in [0.05, 0.1) is 5.69 Å². The van der Waals surface area contributed by atoms with E-state index in [0.29, 0.717) is 11.4 Å². The van der Waals surface area contributed by atoms with Gasteiger partial charge >= 0.3 is 0 Å². The molecule has 108 valence electrons. The zero-order chi connectivity index (χ0) is 15.4. The third kappa shape index (κ3) is 3.17. The minimum atomic E-state index is 0.0403. The number of benzene rings is 2. The summed E-state index contributed by atoms with van der Waals surface area (Å²) < 4.78 is 0. The lowest BCUT2D eigenvalue weighted by Gasteiger charge is -2.07. The molecule has 0 spiro atoms. The van der Waals surface area contributed by atoms with Crippen molar-refractivity contribution < 1.29 is 4.79 Å². The predicted octanol–water partition coefficient (Wildman–Crippen LogP) is 4.09. The monoisotopic (exact) mass is 289 g/mol. The van der Waals surface area contributed by atoms with Crippen LogP contribution < -0.4 is 5.32 Å². The van der Waals surface area contributed by atoms with Crippen LogP contribution >= 0.6 is 0 Å². The number of Topliss-reactive ketones (excluding diaryl/α,β-unsaturated/α-hetero) is 1. The van der Waals surface area contributed by atoms with Gasteiger partial charge in [-0.05, 0) is 25.1 Å². The fraction of sp³-hybridized carbons (Fsp3) is 0.0556. The van der Waals surface area contributed by atoms with Crippen LogP contribution in [0, 0.1) is 0 Å². The Hall–Kier alpha value is -3.01. The number of para-hydroxylation sites is 1. The number of nitrogens with one attached hydrogen (secondary N) is 1. The number of aromatic nitrogens is 2. The van der Waals surface area contributed by atoms with E-state index in [1.165, 1.54) is 6.33 Å². The van der Waals surface area contributed by atoms with Gasteiger partial charge in [0.25, 0.3) is 0 Å². The van der Waals surface area contributed by atoms with Gasteiger partial charge in [0.2, 0.25) is 0 Å². The lowest BCUT2D eigenvalue weighted by atomic mass is 10.1. The Kier molecular flexibility index (Phi) is 3.92. The first kappa shape index (κ1) is 13.9. The molecule has 4 heteroatoms. The lowest BCUT2D eigenvalue weighted by Crippen LogP contribution is -1.96. The second kappa shape index (κ2) is 6.18. The Morgan fingerprint density at radius 1 is 0.955 bits per heavy atom. The summed E-state index contributed by atoms with van der Waals surface area (Å²) in [5, 5.41) is 3.23. The zero-order valence-corrected chi connectivity index (χ0v) is 12.2. The smallest absolute Gasteiger partial charge is 0.159 e. The molecule has 1 heterocycles. The number of anilines is 2. The number of hydrogen-bond acceptors (Lipinski definition) is 4. The van der Waals surface area contributed by atoms with Crippen molar-refractivity contribution in [1.82, 2.24) is 9.97 Å². The molecule has 0 atom stereocenters. The van der Waals surface area contributed by atoms with Crippen LogP contribution in [-0.4, -0.2) is 15.8 Å². The molecule has 0 aliphatic heterocycles. The molecule has 4 nitrogen and oxygen atoms in total. The largest absolute Gasteiger partial charge is 0.340 e. The van der Waals surface area contributed by atoms with Gasteiger partial charge in [0.15, 0.2) is 5.78 Å². The molecular formula is C18H15N3O. The van der Waals surface area contributed by atoms with E-state index in [1.54, 1.807) is 13.0 Å². The third-order valence-corrected chi connectivity index (χ3v) is 3.28. The van der Waals surface area contributed by atoms with Crippen molar-refractivity contribution in [3.05, 3.63) is 72.6 Å². The number of nitrogens with zero attached hydrogens (tertiary/aromatic N) is 2. The van der Waals surface area contributed by atoms with Crippen LogP contribution in [0.15, 0.2) is 67.0 Å². The minimum absolute atomic E-state index is 0.0403. The van der Waals surface area contributed by atoms with Crippen LogP contribution in [0.3, 0.4) is 0 Å². The topological polar surface area (TPSA) is 54.9 Å². The summed E-state index contributed by atoms with van der Waals surface area (Å²) in [5.74, 6) is 0.753. The average molecular weight is 289 g/mol. The summed E-state index contributed by atoms with van der Waals surface area (Å²) in [6, 6.07) is 19.1. The SMILES string of the molecule is CC(=O)c1cccc(-c2cc(Nc3ccccc3)ncn2)c1. The minimum Gasteiger partial charge on any atom is -0.340 e. The van der Waals surface area contributed by atoms with E-state index in [4.69, 9.17) is 0 Å². The Morgan fingerprint density at radius 2 is 1.77 bits per heavy atom. The van der Waals surface area contributed by atoms with Crippen molar-refractivity contribution in [2.45, 2.75) is 6.92 Å². The number of carbonyl (C=O) groups is 1. The standard InChI is InChI=1S/C18H15N3O/c1-13(22)14-6-5-7-15(10-14)17-11-18(20-12-19-17)21-16-8-3-2-4-9-16/h2-12H,1H3,(H,19,20,21). The van der Waals surface area contributed by atoms with Gasteiger partial charge in [-0.25, -0.2) is 9.97 Å². The quantitative estimate of drug-likeness (QED) is 0.735. The Balaban J connectivity index is 1.91. The van der Waals surface area contributed by atoms with Crippen molar-refractivity contribution in [2.24, 2.45) is 0 Å². The summed E-state index contributed by atoms with van der Waals surface area (Å²) in [4.78, 5) is 20.0. The van der Waals surface area contributed by atoms with Gasteiger partial charge in [-0.15, -0.1) is 0 Å². The fourth-order valence-electron chi connectivity index (χ4n) is 2.15. The molecular weight excluding hydrogens is 274 g/mol. The highest BCUT2D eigenvalue weighted by Gasteiger charge is 2.05. The summed E-state index contributed by atoms with van der Waals surface area (Å²) in [6.45, 7) is 1.56. The number of carbonyl (C=O) groups excluding carboxylic acids is 1. The average Bonchev–Trinajstić information content (AvgIpc) is 2.56. The highest BCUT2D eigenvalue weighted by molar-refractivity contribution is 5.95. The molecule has 0 unspecified atom stereocenters. The number of rotatable bonds is 4. The number of ketones is 1. The highest BCUT2D eigenvalue weighted by atomic mass is 16.1. The van der Waals surface area contributed by atoms with Gasteiger partial charge in [-0.3, -0.25) is 4.79 Å². The molecule has 0 bridgehead atoms. The number of hydrogen-bond donors (Lipinski definition) is 1. The van der Waals surface area contributed by atoms with Gasteiger partial charge in [-0.1, -0.05) is 36.4 Å².